The van der Waals surface area contributed by atoms with Crippen LogP contribution >= 0.6 is 0 Å². The summed E-state index contributed by atoms with van der Waals surface area (Å²) in [4.78, 5) is 12.6. The first-order valence-electron chi connectivity index (χ1n) is 8.55. The largest absolute Gasteiger partial charge is 0.497 e. The molecule has 1 N–H and O–H groups in total. The smallest absolute Gasteiger partial charge is 0.252 e. The van der Waals surface area contributed by atoms with Gasteiger partial charge in [0.2, 0.25) is 0 Å². The minimum absolute atomic E-state index is 0.0854. The van der Waals surface area contributed by atoms with E-state index in [0.717, 1.165) is 12.0 Å². The summed E-state index contributed by atoms with van der Waals surface area (Å²) in [6, 6.07) is 13.5. The Kier molecular flexibility index (Phi) is 6.45. The van der Waals surface area contributed by atoms with Crippen LogP contribution in [0.15, 0.2) is 42.5 Å². The molecular formula is C21H27NO3. The summed E-state index contributed by atoms with van der Waals surface area (Å²) in [6.07, 6.45) is 1.06. The Balaban J connectivity index is 2.09. The van der Waals surface area contributed by atoms with Gasteiger partial charge in [-0.25, -0.2) is 0 Å². The van der Waals surface area contributed by atoms with Crippen LogP contribution in [0, 0.1) is 5.92 Å². The third kappa shape index (κ3) is 5.24. The number of carbonyl (C=O) groups is 1. The van der Waals surface area contributed by atoms with Gasteiger partial charge in [-0.05, 0) is 42.5 Å². The molecule has 2 aromatic carbocycles. The maximum atomic E-state index is 12.6. The standard InChI is InChI=1S/C21H27NO3/c1-14(2)10-16-6-8-17(9-7-16)15(3)22-21(23)18-11-19(24-4)13-20(12-18)25-5/h6-9,11-15H,10H2,1-5H3,(H,22,23). The molecule has 0 fully saturated rings. The van der Waals surface area contributed by atoms with Crippen LogP contribution in [-0.4, -0.2) is 20.1 Å². The summed E-state index contributed by atoms with van der Waals surface area (Å²) in [5.74, 6) is 1.66. The van der Waals surface area contributed by atoms with Gasteiger partial charge >= 0.3 is 0 Å². The van der Waals surface area contributed by atoms with Crippen molar-refractivity contribution in [2.24, 2.45) is 5.92 Å². The number of benzene rings is 2. The Morgan fingerprint density at radius 1 is 0.960 bits per heavy atom. The molecule has 0 aliphatic carbocycles. The van der Waals surface area contributed by atoms with Gasteiger partial charge in [-0.3, -0.25) is 4.79 Å². The summed E-state index contributed by atoms with van der Waals surface area (Å²) in [5.41, 5.74) is 2.91. The van der Waals surface area contributed by atoms with Gasteiger partial charge in [0.25, 0.3) is 5.91 Å². The molecule has 0 radical (unpaired) electrons. The average molecular weight is 341 g/mol. The number of methoxy groups -OCH3 is 2. The predicted molar refractivity (Wildman–Crippen MR) is 100 cm³/mol. The van der Waals surface area contributed by atoms with E-state index in [-0.39, 0.29) is 11.9 Å². The Labute approximate surface area is 150 Å². The number of hydrogen-bond donors (Lipinski definition) is 1. The van der Waals surface area contributed by atoms with Crippen molar-refractivity contribution in [3.05, 3.63) is 59.2 Å². The molecule has 1 unspecified atom stereocenters. The number of carbonyl (C=O) groups excluding carboxylic acids is 1. The van der Waals surface area contributed by atoms with E-state index in [9.17, 15) is 4.79 Å². The van der Waals surface area contributed by atoms with E-state index in [0.29, 0.717) is 23.0 Å². The van der Waals surface area contributed by atoms with Crippen LogP contribution in [0.2, 0.25) is 0 Å². The predicted octanol–water partition coefficient (Wildman–Crippen LogP) is 4.39. The third-order valence-corrected chi connectivity index (χ3v) is 4.08. The molecule has 0 spiro atoms. The molecule has 0 aromatic heterocycles. The van der Waals surface area contributed by atoms with Crippen LogP contribution in [-0.2, 0) is 6.42 Å². The summed E-state index contributed by atoms with van der Waals surface area (Å²) in [6.45, 7) is 6.39. The second-order valence-corrected chi connectivity index (χ2v) is 6.64. The normalized spacial score (nSPS) is 11.9. The Morgan fingerprint density at radius 2 is 1.52 bits per heavy atom. The lowest BCUT2D eigenvalue weighted by Gasteiger charge is -2.16. The Morgan fingerprint density at radius 3 is 2.00 bits per heavy atom. The van der Waals surface area contributed by atoms with Crippen LogP contribution < -0.4 is 14.8 Å². The van der Waals surface area contributed by atoms with Crippen molar-refractivity contribution in [1.29, 1.82) is 0 Å². The first kappa shape index (κ1) is 18.8. The summed E-state index contributed by atoms with van der Waals surface area (Å²) in [5, 5.41) is 3.03. The van der Waals surface area contributed by atoms with Crippen molar-refractivity contribution in [1.82, 2.24) is 5.32 Å². The maximum Gasteiger partial charge on any atom is 0.252 e. The zero-order chi connectivity index (χ0) is 18.4. The molecule has 1 atom stereocenters. The maximum absolute atomic E-state index is 12.6. The van der Waals surface area contributed by atoms with Crippen molar-refractivity contribution >= 4 is 5.91 Å². The van der Waals surface area contributed by atoms with Crippen LogP contribution in [0.4, 0.5) is 0 Å². The van der Waals surface area contributed by atoms with Crippen LogP contribution in [0.5, 0.6) is 11.5 Å². The number of nitrogens with one attached hydrogen (secondary N) is 1. The zero-order valence-corrected chi connectivity index (χ0v) is 15.6. The highest BCUT2D eigenvalue weighted by Crippen LogP contribution is 2.23. The van der Waals surface area contributed by atoms with Gasteiger partial charge in [0.1, 0.15) is 11.5 Å². The SMILES string of the molecule is COc1cc(OC)cc(C(=O)NC(C)c2ccc(CC(C)C)cc2)c1. The molecule has 134 valence electrons. The van der Waals surface area contributed by atoms with Crippen LogP contribution in [0.25, 0.3) is 0 Å². The number of rotatable bonds is 7. The summed E-state index contributed by atoms with van der Waals surface area (Å²) in [7, 11) is 3.13. The minimum Gasteiger partial charge on any atom is -0.497 e. The fourth-order valence-corrected chi connectivity index (χ4v) is 2.72. The fourth-order valence-electron chi connectivity index (χ4n) is 2.72. The highest BCUT2D eigenvalue weighted by atomic mass is 16.5. The van der Waals surface area contributed by atoms with E-state index in [4.69, 9.17) is 9.47 Å². The van der Waals surface area contributed by atoms with Crippen molar-refractivity contribution in [3.8, 4) is 11.5 Å². The van der Waals surface area contributed by atoms with E-state index in [2.05, 4.69) is 43.4 Å². The van der Waals surface area contributed by atoms with Gasteiger partial charge in [0.15, 0.2) is 0 Å². The van der Waals surface area contributed by atoms with Crippen LogP contribution in [0.1, 0.15) is 48.3 Å². The quantitative estimate of drug-likeness (QED) is 0.812. The zero-order valence-electron chi connectivity index (χ0n) is 15.6. The fraction of sp³-hybridized carbons (Fsp3) is 0.381. The monoisotopic (exact) mass is 341 g/mol. The highest BCUT2D eigenvalue weighted by molar-refractivity contribution is 5.95. The van der Waals surface area contributed by atoms with Crippen molar-refractivity contribution in [3.63, 3.8) is 0 Å². The number of hydrogen-bond acceptors (Lipinski definition) is 3. The molecule has 25 heavy (non-hydrogen) atoms. The van der Waals surface area contributed by atoms with E-state index < -0.39 is 0 Å². The number of amides is 1. The Hall–Kier alpha value is -2.49. The molecule has 2 rings (SSSR count). The van der Waals surface area contributed by atoms with Gasteiger partial charge in [0.05, 0.1) is 20.3 Å². The van der Waals surface area contributed by atoms with Gasteiger partial charge in [0, 0.05) is 11.6 Å². The lowest BCUT2D eigenvalue weighted by Crippen LogP contribution is -2.26. The van der Waals surface area contributed by atoms with Crippen LogP contribution in [0.3, 0.4) is 0 Å². The van der Waals surface area contributed by atoms with Gasteiger partial charge in [-0.1, -0.05) is 38.1 Å². The molecular weight excluding hydrogens is 314 g/mol. The lowest BCUT2D eigenvalue weighted by molar-refractivity contribution is 0.0939. The lowest BCUT2D eigenvalue weighted by atomic mass is 10.00. The molecule has 0 saturated carbocycles. The number of ether oxygens (including phenoxy) is 2. The first-order valence-corrected chi connectivity index (χ1v) is 8.55. The molecule has 0 bridgehead atoms. The molecule has 0 saturated heterocycles. The van der Waals surface area contributed by atoms with Gasteiger partial charge in [-0.2, -0.15) is 0 Å². The average Bonchev–Trinajstić information content (AvgIpc) is 2.61. The molecule has 1 amide bonds. The first-order chi connectivity index (χ1) is 11.9. The van der Waals surface area contributed by atoms with E-state index >= 15 is 0 Å². The molecule has 0 aliphatic heterocycles. The topological polar surface area (TPSA) is 47.6 Å². The molecule has 0 heterocycles. The third-order valence-electron chi connectivity index (χ3n) is 4.08. The molecule has 2 aromatic rings. The van der Waals surface area contributed by atoms with Crippen molar-refractivity contribution in [2.45, 2.75) is 33.2 Å². The minimum atomic E-state index is -0.157. The summed E-state index contributed by atoms with van der Waals surface area (Å²) < 4.78 is 10.4. The van der Waals surface area contributed by atoms with E-state index in [1.165, 1.54) is 5.56 Å². The highest BCUT2D eigenvalue weighted by Gasteiger charge is 2.14. The molecule has 4 heteroatoms. The molecule has 0 aliphatic rings. The summed E-state index contributed by atoms with van der Waals surface area (Å²) >= 11 is 0. The van der Waals surface area contributed by atoms with Gasteiger partial charge < -0.3 is 14.8 Å². The van der Waals surface area contributed by atoms with Gasteiger partial charge in [-0.15, -0.1) is 0 Å². The van der Waals surface area contributed by atoms with Crippen molar-refractivity contribution in [2.75, 3.05) is 14.2 Å². The van der Waals surface area contributed by atoms with Crippen molar-refractivity contribution < 1.29 is 14.3 Å². The second kappa shape index (κ2) is 8.56. The molecule has 4 nitrogen and oxygen atoms in total. The van der Waals surface area contributed by atoms with E-state index in [1.807, 2.05) is 6.92 Å². The Bertz CT molecular complexity index is 685. The second-order valence-electron chi connectivity index (χ2n) is 6.64. The van der Waals surface area contributed by atoms with E-state index in [1.54, 1.807) is 32.4 Å².